The van der Waals surface area contributed by atoms with E-state index in [1.807, 2.05) is 0 Å². The molecule has 1 aliphatic heterocycles. The van der Waals surface area contributed by atoms with Gasteiger partial charge in [0.05, 0.1) is 48.7 Å². The van der Waals surface area contributed by atoms with Crippen LogP contribution in [-0.4, -0.2) is 39.0 Å². The van der Waals surface area contributed by atoms with E-state index in [1.165, 1.54) is 30.1 Å². The summed E-state index contributed by atoms with van der Waals surface area (Å²) >= 11 is 11.0. The zero-order valence-corrected chi connectivity index (χ0v) is 23.2. The minimum absolute atomic E-state index is 0.224. The molecule has 0 N–H and O–H groups in total. The molecule has 3 aromatic rings. The summed E-state index contributed by atoms with van der Waals surface area (Å²) in [6, 6.07) is 7.72. The summed E-state index contributed by atoms with van der Waals surface area (Å²) < 4.78 is 24.0. The SMILES string of the molecule is COC(=O)C1=C(C)N=c2s/c(=C\c3cc(Br)c(OC)cc3OC)c(=O)n2[C@@H]1c1cc(Cl)ccc1OC. The highest BCUT2D eigenvalue weighted by atomic mass is 79.9. The van der Waals surface area contributed by atoms with Crippen molar-refractivity contribution >= 4 is 50.9 Å². The van der Waals surface area contributed by atoms with Crippen LogP contribution in [0.1, 0.15) is 24.1 Å². The van der Waals surface area contributed by atoms with Gasteiger partial charge in [-0.25, -0.2) is 9.79 Å². The Bertz CT molecular complexity index is 1580. The summed E-state index contributed by atoms with van der Waals surface area (Å²) in [5.74, 6) is 0.992. The molecular weight excluding hydrogens is 572 g/mol. The van der Waals surface area contributed by atoms with Gasteiger partial charge >= 0.3 is 5.97 Å². The van der Waals surface area contributed by atoms with E-state index in [9.17, 15) is 9.59 Å². The summed E-state index contributed by atoms with van der Waals surface area (Å²) in [5, 5.41) is 0.430. The molecule has 8 nitrogen and oxygen atoms in total. The van der Waals surface area contributed by atoms with Gasteiger partial charge in [0, 0.05) is 22.2 Å². The molecule has 1 aromatic heterocycles. The summed E-state index contributed by atoms with van der Waals surface area (Å²) in [4.78, 5) is 31.7. The largest absolute Gasteiger partial charge is 0.496 e. The lowest BCUT2D eigenvalue weighted by Gasteiger charge is -2.25. The van der Waals surface area contributed by atoms with E-state index >= 15 is 0 Å². The molecule has 11 heteroatoms. The minimum Gasteiger partial charge on any atom is -0.496 e. The van der Waals surface area contributed by atoms with Crippen molar-refractivity contribution in [1.82, 2.24) is 4.57 Å². The highest BCUT2D eigenvalue weighted by Gasteiger charge is 2.35. The van der Waals surface area contributed by atoms with Crippen molar-refractivity contribution in [2.24, 2.45) is 4.99 Å². The highest BCUT2D eigenvalue weighted by Crippen LogP contribution is 2.37. The van der Waals surface area contributed by atoms with Crippen molar-refractivity contribution in [1.29, 1.82) is 0 Å². The number of fused-ring (bicyclic) bond motifs is 1. The molecule has 0 amide bonds. The lowest BCUT2D eigenvalue weighted by molar-refractivity contribution is -0.136. The molecular formula is C25H22BrClN2O6S. The number of nitrogens with zero attached hydrogens (tertiary/aromatic N) is 2. The number of rotatable bonds is 6. The predicted molar refractivity (Wildman–Crippen MR) is 141 cm³/mol. The molecule has 0 spiro atoms. The molecule has 188 valence electrons. The van der Waals surface area contributed by atoms with Gasteiger partial charge in [-0.05, 0) is 53.2 Å². The van der Waals surface area contributed by atoms with Crippen LogP contribution in [0.4, 0.5) is 0 Å². The van der Waals surface area contributed by atoms with Crippen LogP contribution in [0.15, 0.2) is 55.9 Å². The van der Waals surface area contributed by atoms with Crippen molar-refractivity contribution in [3.05, 3.63) is 81.9 Å². The molecule has 0 fully saturated rings. The number of carbonyl (C=O) groups is 1. The van der Waals surface area contributed by atoms with E-state index < -0.39 is 12.0 Å². The molecule has 4 rings (SSSR count). The monoisotopic (exact) mass is 592 g/mol. The third-order valence-electron chi connectivity index (χ3n) is 5.70. The van der Waals surface area contributed by atoms with Crippen LogP contribution >= 0.6 is 38.9 Å². The van der Waals surface area contributed by atoms with Crippen molar-refractivity contribution < 1.29 is 23.7 Å². The fraction of sp³-hybridized carbons (Fsp3) is 0.240. The molecule has 0 radical (unpaired) electrons. The normalized spacial score (nSPS) is 15.3. The first-order valence-corrected chi connectivity index (χ1v) is 12.6. The number of allylic oxidation sites excluding steroid dienone is 1. The number of halogens is 2. The molecule has 0 saturated heterocycles. The van der Waals surface area contributed by atoms with Crippen molar-refractivity contribution in [2.45, 2.75) is 13.0 Å². The second-order valence-corrected chi connectivity index (χ2v) is 9.99. The van der Waals surface area contributed by atoms with Crippen LogP contribution in [0, 0.1) is 0 Å². The van der Waals surface area contributed by atoms with Crippen LogP contribution in [0.25, 0.3) is 6.08 Å². The van der Waals surface area contributed by atoms with E-state index in [-0.39, 0.29) is 11.1 Å². The Morgan fingerprint density at radius 2 is 1.78 bits per heavy atom. The molecule has 0 saturated carbocycles. The number of esters is 1. The van der Waals surface area contributed by atoms with Crippen LogP contribution in [0.3, 0.4) is 0 Å². The Kier molecular flexibility index (Phi) is 7.58. The first kappa shape index (κ1) is 26.0. The quantitative estimate of drug-likeness (QED) is 0.404. The number of thiazole rings is 1. The number of methoxy groups -OCH3 is 4. The maximum Gasteiger partial charge on any atom is 0.338 e. The number of hydrogen-bond donors (Lipinski definition) is 0. The maximum atomic E-state index is 13.8. The van der Waals surface area contributed by atoms with Crippen LogP contribution < -0.4 is 29.1 Å². The summed E-state index contributed by atoms with van der Waals surface area (Å²) in [7, 11) is 5.90. The first-order valence-electron chi connectivity index (χ1n) is 10.6. The average molecular weight is 594 g/mol. The van der Waals surface area contributed by atoms with Gasteiger partial charge < -0.3 is 18.9 Å². The number of hydrogen-bond acceptors (Lipinski definition) is 8. The van der Waals surface area contributed by atoms with E-state index in [2.05, 4.69) is 20.9 Å². The van der Waals surface area contributed by atoms with Gasteiger partial charge in [-0.1, -0.05) is 22.9 Å². The van der Waals surface area contributed by atoms with Crippen molar-refractivity contribution in [2.75, 3.05) is 28.4 Å². The zero-order chi connectivity index (χ0) is 26.1. The van der Waals surface area contributed by atoms with E-state index in [0.717, 1.165) is 0 Å². The fourth-order valence-electron chi connectivity index (χ4n) is 4.04. The lowest BCUT2D eigenvalue weighted by atomic mass is 9.95. The average Bonchev–Trinajstić information content (AvgIpc) is 3.17. The Labute approximate surface area is 224 Å². The van der Waals surface area contributed by atoms with Gasteiger partial charge in [0.25, 0.3) is 5.56 Å². The second-order valence-electron chi connectivity index (χ2n) is 7.69. The zero-order valence-electron chi connectivity index (χ0n) is 20.0. The Morgan fingerprint density at radius 3 is 2.42 bits per heavy atom. The standard InChI is InChI=1S/C25H22BrClN2O6S/c1-12-21(24(31)35-5)22(15-10-14(27)6-7-17(15)32-2)29-23(30)20(36-25(29)28-12)9-13-8-16(26)19(34-4)11-18(13)33-3/h6-11,22H,1-5H3/b20-9-/t22-/m1/s1. The number of carbonyl (C=O) groups excluding carboxylic acids is 1. The van der Waals surface area contributed by atoms with Crippen molar-refractivity contribution in [3.63, 3.8) is 0 Å². The van der Waals surface area contributed by atoms with Gasteiger partial charge in [-0.3, -0.25) is 9.36 Å². The molecule has 36 heavy (non-hydrogen) atoms. The molecule has 0 bridgehead atoms. The predicted octanol–water partition coefficient (Wildman–Crippen LogP) is 3.85. The molecule has 1 atom stereocenters. The van der Waals surface area contributed by atoms with E-state index in [4.69, 9.17) is 30.5 Å². The van der Waals surface area contributed by atoms with E-state index in [1.54, 1.807) is 57.6 Å². The fourth-order valence-corrected chi connectivity index (χ4v) is 5.78. The molecule has 0 unspecified atom stereocenters. The highest BCUT2D eigenvalue weighted by molar-refractivity contribution is 9.10. The van der Waals surface area contributed by atoms with Crippen LogP contribution in [-0.2, 0) is 9.53 Å². The topological polar surface area (TPSA) is 88.4 Å². The Balaban J connectivity index is 2.03. The van der Waals surface area contributed by atoms with Gasteiger partial charge in [-0.15, -0.1) is 0 Å². The number of aromatic nitrogens is 1. The third kappa shape index (κ3) is 4.56. The van der Waals surface area contributed by atoms with Gasteiger partial charge in [0.1, 0.15) is 23.3 Å². The minimum atomic E-state index is -0.853. The number of benzene rings is 2. The Hall–Kier alpha value is -3.08. The molecule has 0 aliphatic carbocycles. The number of ether oxygens (including phenoxy) is 4. The van der Waals surface area contributed by atoms with E-state index in [0.29, 0.717) is 52.9 Å². The van der Waals surface area contributed by atoms with Crippen molar-refractivity contribution in [3.8, 4) is 17.2 Å². The molecule has 2 heterocycles. The van der Waals surface area contributed by atoms with Crippen LogP contribution in [0.5, 0.6) is 17.2 Å². The summed E-state index contributed by atoms with van der Waals surface area (Å²) in [5.41, 5.74) is 1.52. The maximum absolute atomic E-state index is 13.8. The summed E-state index contributed by atoms with van der Waals surface area (Å²) in [6.45, 7) is 1.71. The lowest BCUT2D eigenvalue weighted by Crippen LogP contribution is -2.40. The van der Waals surface area contributed by atoms with Crippen LogP contribution in [0.2, 0.25) is 5.02 Å². The van der Waals surface area contributed by atoms with Gasteiger partial charge in [0.15, 0.2) is 4.80 Å². The van der Waals surface area contributed by atoms with Gasteiger partial charge in [0.2, 0.25) is 0 Å². The Morgan fingerprint density at radius 1 is 1.08 bits per heavy atom. The second kappa shape index (κ2) is 10.5. The summed E-state index contributed by atoms with van der Waals surface area (Å²) in [6.07, 6.45) is 1.72. The third-order valence-corrected chi connectivity index (χ3v) is 7.54. The van der Waals surface area contributed by atoms with Gasteiger partial charge in [-0.2, -0.15) is 0 Å². The molecule has 2 aromatic carbocycles. The smallest absolute Gasteiger partial charge is 0.338 e. The first-order chi connectivity index (χ1) is 17.2. The molecule has 1 aliphatic rings.